The highest BCUT2D eigenvalue weighted by Gasteiger charge is 2.44. The fourth-order valence-electron chi connectivity index (χ4n) is 2.79. The summed E-state index contributed by atoms with van der Waals surface area (Å²) in [5, 5.41) is 0. The van der Waals surface area contributed by atoms with Crippen molar-refractivity contribution >= 4 is 11.6 Å². The monoisotopic (exact) mass is 236 g/mol. The second-order valence-electron chi connectivity index (χ2n) is 4.52. The Hall–Kier alpha value is -2.22. The third-order valence-corrected chi connectivity index (χ3v) is 3.62. The molecule has 0 saturated heterocycles. The summed E-state index contributed by atoms with van der Waals surface area (Å²) in [4.78, 5) is 23.7. The van der Waals surface area contributed by atoms with Crippen LogP contribution in [0.3, 0.4) is 0 Å². The fraction of sp³-hybridized carbons (Fsp3) is 0.125. The Morgan fingerprint density at radius 2 is 1.72 bits per heavy atom. The molecule has 1 aromatic rings. The Bertz CT molecular complexity index is 629. The predicted octanol–water partition coefficient (Wildman–Crippen LogP) is 2.76. The van der Waals surface area contributed by atoms with E-state index in [1.807, 2.05) is 49.4 Å². The first kappa shape index (κ1) is 10.9. The molecule has 0 amide bonds. The molecule has 0 heterocycles. The molecule has 0 atom stereocenters. The third kappa shape index (κ3) is 1.23. The lowest BCUT2D eigenvalue weighted by molar-refractivity contribution is -0.110. The van der Waals surface area contributed by atoms with Crippen LogP contribution in [0.5, 0.6) is 0 Å². The van der Waals surface area contributed by atoms with Gasteiger partial charge in [-0.25, -0.2) is 0 Å². The van der Waals surface area contributed by atoms with E-state index in [1.165, 1.54) is 0 Å². The fourth-order valence-corrected chi connectivity index (χ4v) is 2.79. The van der Waals surface area contributed by atoms with Gasteiger partial charge in [0, 0.05) is 11.1 Å². The van der Waals surface area contributed by atoms with Gasteiger partial charge in [0.1, 0.15) is 0 Å². The smallest absolute Gasteiger partial charge is 0.190 e. The Morgan fingerprint density at radius 1 is 1.06 bits per heavy atom. The Morgan fingerprint density at radius 3 is 2.39 bits per heavy atom. The molecule has 0 unspecified atom stereocenters. The van der Waals surface area contributed by atoms with E-state index in [4.69, 9.17) is 0 Å². The molecule has 18 heavy (non-hydrogen) atoms. The number of allylic oxidation sites excluding steroid dienone is 6. The van der Waals surface area contributed by atoms with Crippen LogP contribution in [-0.4, -0.2) is 11.6 Å². The summed E-state index contributed by atoms with van der Waals surface area (Å²) in [5.74, 6) is 0.0182. The van der Waals surface area contributed by atoms with Crippen LogP contribution in [0.1, 0.15) is 22.8 Å². The van der Waals surface area contributed by atoms with Gasteiger partial charge in [0.2, 0.25) is 0 Å². The first-order valence-corrected chi connectivity index (χ1v) is 5.92. The normalized spacial score (nSPS) is 21.9. The maximum Gasteiger partial charge on any atom is 0.190 e. The number of Topliss-reactive ketones (excluding diaryl/α,β-unsaturated/α-hetero) is 1. The number of carbonyl (C=O) groups excluding carboxylic acids is 2. The number of benzene rings is 1. The Balaban J connectivity index is 2.32. The van der Waals surface area contributed by atoms with Gasteiger partial charge in [-0.1, -0.05) is 42.5 Å². The van der Waals surface area contributed by atoms with Gasteiger partial charge >= 0.3 is 0 Å². The van der Waals surface area contributed by atoms with E-state index in [1.54, 1.807) is 12.2 Å². The molecular formula is C16H12O2. The van der Waals surface area contributed by atoms with Gasteiger partial charge in [-0.15, -0.1) is 0 Å². The van der Waals surface area contributed by atoms with Crippen molar-refractivity contribution in [2.45, 2.75) is 12.3 Å². The lowest BCUT2D eigenvalue weighted by Gasteiger charge is -2.25. The second-order valence-corrected chi connectivity index (χ2v) is 4.52. The number of fused-ring (bicyclic) bond motifs is 2. The maximum absolute atomic E-state index is 12.4. The molecule has 0 fully saturated rings. The van der Waals surface area contributed by atoms with E-state index >= 15 is 0 Å². The highest BCUT2D eigenvalue weighted by atomic mass is 16.1. The van der Waals surface area contributed by atoms with Crippen LogP contribution in [0.4, 0.5) is 0 Å². The first-order valence-electron chi connectivity index (χ1n) is 5.92. The topological polar surface area (TPSA) is 34.1 Å². The first-order chi connectivity index (χ1) is 8.69. The molecule has 88 valence electrons. The molecule has 1 spiro atoms. The van der Waals surface area contributed by atoms with Gasteiger partial charge < -0.3 is 0 Å². The molecule has 3 rings (SSSR count). The van der Waals surface area contributed by atoms with Gasteiger partial charge in [0.15, 0.2) is 11.6 Å². The minimum atomic E-state index is -0.545. The van der Waals surface area contributed by atoms with Crippen LogP contribution in [0.15, 0.2) is 60.2 Å². The van der Waals surface area contributed by atoms with Crippen molar-refractivity contribution in [2.75, 3.05) is 0 Å². The third-order valence-electron chi connectivity index (χ3n) is 3.62. The molecule has 0 aromatic heterocycles. The molecule has 0 saturated carbocycles. The van der Waals surface area contributed by atoms with Crippen LogP contribution in [0.25, 0.3) is 0 Å². The number of carbonyl (C=O) groups is 2. The van der Waals surface area contributed by atoms with Gasteiger partial charge in [-0.3, -0.25) is 9.59 Å². The van der Waals surface area contributed by atoms with Crippen LogP contribution < -0.4 is 0 Å². The molecule has 2 heteroatoms. The average Bonchev–Trinajstić information content (AvgIpc) is 2.64. The van der Waals surface area contributed by atoms with E-state index in [2.05, 4.69) is 0 Å². The largest absolute Gasteiger partial charge is 0.290 e. The molecule has 2 nitrogen and oxygen atoms in total. The lowest BCUT2D eigenvalue weighted by atomic mass is 9.75. The van der Waals surface area contributed by atoms with Gasteiger partial charge in [-0.05, 0) is 24.6 Å². The van der Waals surface area contributed by atoms with E-state index in [-0.39, 0.29) is 11.6 Å². The van der Waals surface area contributed by atoms with Crippen molar-refractivity contribution in [3.8, 4) is 0 Å². The highest BCUT2D eigenvalue weighted by molar-refractivity contribution is 6.17. The zero-order valence-corrected chi connectivity index (χ0v) is 10.0. The summed E-state index contributed by atoms with van der Waals surface area (Å²) in [5.41, 5.74) is 1.87. The maximum atomic E-state index is 12.4. The molecule has 1 aromatic carbocycles. The van der Waals surface area contributed by atoms with Crippen LogP contribution in [0, 0.1) is 0 Å². The summed E-state index contributed by atoms with van der Waals surface area (Å²) in [6.07, 6.45) is 8.58. The minimum absolute atomic E-state index is 0.0343. The predicted molar refractivity (Wildman–Crippen MR) is 69.5 cm³/mol. The van der Waals surface area contributed by atoms with Crippen molar-refractivity contribution in [3.63, 3.8) is 0 Å². The van der Waals surface area contributed by atoms with Gasteiger partial charge in [-0.2, -0.15) is 0 Å². The number of rotatable bonds is 0. The van der Waals surface area contributed by atoms with Crippen molar-refractivity contribution in [2.24, 2.45) is 0 Å². The Kier molecular flexibility index (Phi) is 2.20. The van der Waals surface area contributed by atoms with E-state index in [0.717, 1.165) is 16.7 Å². The summed E-state index contributed by atoms with van der Waals surface area (Å²) in [7, 11) is 0. The molecule has 2 aliphatic carbocycles. The lowest BCUT2D eigenvalue weighted by Crippen LogP contribution is -2.23. The van der Waals surface area contributed by atoms with Crippen molar-refractivity contribution in [3.05, 3.63) is 71.3 Å². The standard InChI is InChI=1S/C16H12O2/c1-2-13-15(18)12-5-3-4-6-14(12)16(13)9-7-11(17)8-10-16/h2-10H,1H3/b13-2-. The summed E-state index contributed by atoms with van der Waals surface area (Å²) < 4.78 is 0. The average molecular weight is 236 g/mol. The number of ketones is 2. The van der Waals surface area contributed by atoms with Crippen molar-refractivity contribution in [1.29, 1.82) is 0 Å². The summed E-state index contributed by atoms with van der Waals surface area (Å²) in [6.45, 7) is 1.86. The van der Waals surface area contributed by atoms with E-state index in [9.17, 15) is 9.59 Å². The molecule has 0 bridgehead atoms. The molecule has 0 N–H and O–H groups in total. The number of hydrogen-bond donors (Lipinski definition) is 0. The zero-order valence-electron chi connectivity index (χ0n) is 10.0. The summed E-state index contributed by atoms with van der Waals surface area (Å²) in [6, 6.07) is 7.58. The molecule has 2 aliphatic rings. The Labute approximate surface area is 105 Å². The minimum Gasteiger partial charge on any atom is -0.290 e. The van der Waals surface area contributed by atoms with Crippen molar-refractivity contribution < 1.29 is 9.59 Å². The molecular weight excluding hydrogens is 224 g/mol. The quantitative estimate of drug-likeness (QED) is 0.649. The molecule has 0 radical (unpaired) electrons. The SMILES string of the molecule is C/C=C1/C(=O)c2ccccc2C12C=CC(=O)C=C2. The van der Waals surface area contributed by atoms with Gasteiger partial charge in [0.05, 0.1) is 5.41 Å². The van der Waals surface area contributed by atoms with Crippen molar-refractivity contribution in [1.82, 2.24) is 0 Å². The highest BCUT2D eigenvalue weighted by Crippen LogP contribution is 2.46. The van der Waals surface area contributed by atoms with Crippen LogP contribution in [-0.2, 0) is 10.2 Å². The van der Waals surface area contributed by atoms with E-state index < -0.39 is 5.41 Å². The summed E-state index contributed by atoms with van der Waals surface area (Å²) >= 11 is 0. The number of hydrogen-bond acceptors (Lipinski definition) is 2. The van der Waals surface area contributed by atoms with E-state index in [0.29, 0.717) is 0 Å². The zero-order chi connectivity index (χ0) is 12.8. The molecule has 0 aliphatic heterocycles. The second kappa shape index (κ2) is 3.64. The van der Waals surface area contributed by atoms with Crippen LogP contribution >= 0.6 is 0 Å². The van der Waals surface area contributed by atoms with Gasteiger partial charge in [0.25, 0.3) is 0 Å². The van der Waals surface area contributed by atoms with Crippen LogP contribution in [0.2, 0.25) is 0 Å².